The van der Waals surface area contributed by atoms with Crippen molar-refractivity contribution in [2.24, 2.45) is 7.05 Å². The number of aromatic nitrogens is 4. The monoisotopic (exact) mass is 232 g/mol. The zero-order chi connectivity index (χ0) is 12.4. The lowest BCUT2D eigenvalue weighted by Crippen LogP contribution is -2.10. The van der Waals surface area contributed by atoms with Crippen molar-refractivity contribution in [3.8, 4) is 0 Å². The number of pyridine rings is 1. The van der Waals surface area contributed by atoms with Crippen LogP contribution in [0.4, 0.5) is 0 Å². The number of hydrogen-bond acceptors (Lipinski definition) is 4. The second kappa shape index (κ2) is 4.63. The van der Waals surface area contributed by atoms with Gasteiger partial charge in [-0.05, 0) is 25.0 Å². The van der Waals surface area contributed by atoms with E-state index in [0.717, 1.165) is 17.0 Å². The molecule has 1 atom stereocenters. The van der Waals surface area contributed by atoms with E-state index in [9.17, 15) is 5.11 Å². The molecule has 2 heterocycles. The standard InChI is InChI=1S/C12H16N4O/c1-8-4-9(2)12(13-6-8)10(17)5-11-14-7-15-16(11)3/h4,6-7,10,17H,5H2,1-3H3. The molecule has 0 aromatic carbocycles. The molecular formula is C12H16N4O. The van der Waals surface area contributed by atoms with Gasteiger partial charge in [-0.15, -0.1) is 0 Å². The summed E-state index contributed by atoms with van der Waals surface area (Å²) in [6, 6.07) is 2.02. The van der Waals surface area contributed by atoms with Crippen molar-refractivity contribution in [2.75, 3.05) is 0 Å². The van der Waals surface area contributed by atoms with Crippen LogP contribution in [0.25, 0.3) is 0 Å². The van der Waals surface area contributed by atoms with E-state index in [2.05, 4.69) is 15.1 Å². The molecule has 0 spiro atoms. The van der Waals surface area contributed by atoms with Gasteiger partial charge in [0.25, 0.3) is 0 Å². The van der Waals surface area contributed by atoms with E-state index in [0.29, 0.717) is 12.1 Å². The summed E-state index contributed by atoms with van der Waals surface area (Å²) in [5.74, 6) is 0.749. The molecule has 1 N–H and O–H groups in total. The summed E-state index contributed by atoms with van der Waals surface area (Å²) < 4.78 is 1.66. The van der Waals surface area contributed by atoms with Gasteiger partial charge in [-0.1, -0.05) is 6.07 Å². The molecule has 0 aliphatic carbocycles. The first-order valence-electron chi connectivity index (χ1n) is 5.52. The van der Waals surface area contributed by atoms with E-state index in [1.807, 2.05) is 27.0 Å². The van der Waals surface area contributed by atoms with Gasteiger partial charge in [0.2, 0.25) is 0 Å². The summed E-state index contributed by atoms with van der Waals surface area (Å²) in [6.07, 6.45) is 3.03. The Morgan fingerprint density at radius 1 is 1.35 bits per heavy atom. The van der Waals surface area contributed by atoms with Gasteiger partial charge in [-0.3, -0.25) is 9.67 Å². The Morgan fingerprint density at radius 3 is 2.71 bits per heavy atom. The van der Waals surface area contributed by atoms with E-state index in [1.165, 1.54) is 6.33 Å². The SMILES string of the molecule is Cc1cnc(C(O)Cc2ncnn2C)c(C)c1. The molecule has 0 saturated carbocycles. The molecule has 0 bridgehead atoms. The summed E-state index contributed by atoms with van der Waals surface area (Å²) in [7, 11) is 1.81. The van der Waals surface area contributed by atoms with Crippen molar-refractivity contribution in [3.63, 3.8) is 0 Å². The molecule has 0 saturated heterocycles. The topological polar surface area (TPSA) is 63.8 Å². The van der Waals surface area contributed by atoms with Gasteiger partial charge in [-0.25, -0.2) is 4.98 Å². The Bertz CT molecular complexity index is 521. The summed E-state index contributed by atoms with van der Waals surface area (Å²) >= 11 is 0. The Balaban J connectivity index is 2.20. The molecule has 0 aliphatic rings. The van der Waals surface area contributed by atoms with Crippen LogP contribution in [0.15, 0.2) is 18.6 Å². The van der Waals surface area contributed by atoms with Crippen LogP contribution in [0.1, 0.15) is 28.7 Å². The minimum atomic E-state index is -0.640. The van der Waals surface area contributed by atoms with Crippen LogP contribution in [0.3, 0.4) is 0 Å². The molecule has 0 aliphatic heterocycles. The minimum absolute atomic E-state index is 0.424. The van der Waals surface area contributed by atoms with Gasteiger partial charge < -0.3 is 5.11 Å². The fourth-order valence-corrected chi connectivity index (χ4v) is 1.85. The number of aliphatic hydroxyl groups is 1. The lowest BCUT2D eigenvalue weighted by molar-refractivity contribution is 0.169. The van der Waals surface area contributed by atoms with E-state index in [4.69, 9.17) is 0 Å². The summed E-state index contributed by atoms with van der Waals surface area (Å²) in [6.45, 7) is 3.94. The largest absolute Gasteiger partial charge is 0.386 e. The number of rotatable bonds is 3. The highest BCUT2D eigenvalue weighted by molar-refractivity contribution is 5.25. The van der Waals surface area contributed by atoms with Gasteiger partial charge in [0.15, 0.2) is 0 Å². The first-order chi connectivity index (χ1) is 8.08. The second-order valence-electron chi connectivity index (χ2n) is 4.23. The third-order valence-corrected chi connectivity index (χ3v) is 2.75. The third-order valence-electron chi connectivity index (χ3n) is 2.75. The van der Waals surface area contributed by atoms with Crippen LogP contribution in [0.5, 0.6) is 0 Å². The van der Waals surface area contributed by atoms with Crippen molar-refractivity contribution in [2.45, 2.75) is 26.4 Å². The average molecular weight is 232 g/mol. The molecule has 17 heavy (non-hydrogen) atoms. The molecule has 0 amide bonds. The van der Waals surface area contributed by atoms with E-state index in [-0.39, 0.29) is 0 Å². The Morgan fingerprint density at radius 2 is 2.12 bits per heavy atom. The predicted molar refractivity (Wildman–Crippen MR) is 63.4 cm³/mol. The maximum Gasteiger partial charge on any atom is 0.138 e. The highest BCUT2D eigenvalue weighted by atomic mass is 16.3. The van der Waals surface area contributed by atoms with Gasteiger partial charge >= 0.3 is 0 Å². The first kappa shape index (κ1) is 11.7. The minimum Gasteiger partial charge on any atom is -0.386 e. The van der Waals surface area contributed by atoms with Crippen molar-refractivity contribution in [1.82, 2.24) is 19.7 Å². The van der Waals surface area contributed by atoms with Crippen LogP contribution in [-0.4, -0.2) is 24.9 Å². The zero-order valence-corrected chi connectivity index (χ0v) is 10.3. The molecule has 0 radical (unpaired) electrons. The maximum atomic E-state index is 10.1. The van der Waals surface area contributed by atoms with Crippen molar-refractivity contribution < 1.29 is 5.11 Å². The van der Waals surface area contributed by atoms with Crippen molar-refractivity contribution in [1.29, 1.82) is 0 Å². The Hall–Kier alpha value is -1.75. The van der Waals surface area contributed by atoms with Crippen LogP contribution >= 0.6 is 0 Å². The van der Waals surface area contributed by atoms with Gasteiger partial charge in [0.1, 0.15) is 18.3 Å². The second-order valence-corrected chi connectivity index (χ2v) is 4.23. The molecule has 2 rings (SSSR count). The van der Waals surface area contributed by atoms with E-state index in [1.54, 1.807) is 10.9 Å². The van der Waals surface area contributed by atoms with E-state index >= 15 is 0 Å². The van der Waals surface area contributed by atoms with Crippen LogP contribution < -0.4 is 0 Å². The maximum absolute atomic E-state index is 10.1. The van der Waals surface area contributed by atoms with Crippen LogP contribution in [0.2, 0.25) is 0 Å². The van der Waals surface area contributed by atoms with E-state index < -0.39 is 6.10 Å². The molecule has 5 nitrogen and oxygen atoms in total. The molecular weight excluding hydrogens is 216 g/mol. The molecule has 5 heteroatoms. The number of aryl methyl sites for hydroxylation is 3. The highest BCUT2D eigenvalue weighted by Crippen LogP contribution is 2.19. The number of nitrogens with zero attached hydrogens (tertiary/aromatic N) is 4. The normalized spacial score (nSPS) is 12.7. The first-order valence-corrected chi connectivity index (χ1v) is 5.52. The quantitative estimate of drug-likeness (QED) is 0.860. The average Bonchev–Trinajstić information content (AvgIpc) is 2.64. The Labute approximate surface area is 100 Å². The van der Waals surface area contributed by atoms with Gasteiger partial charge in [0.05, 0.1) is 5.69 Å². The molecule has 0 fully saturated rings. The summed E-state index contributed by atoms with van der Waals surface area (Å²) in [4.78, 5) is 8.37. The fraction of sp³-hybridized carbons (Fsp3) is 0.417. The molecule has 90 valence electrons. The lowest BCUT2D eigenvalue weighted by atomic mass is 10.1. The predicted octanol–water partition coefficient (Wildman–Crippen LogP) is 1.10. The molecule has 2 aromatic rings. The summed E-state index contributed by atoms with van der Waals surface area (Å²) in [5, 5.41) is 14.1. The third kappa shape index (κ3) is 2.50. The van der Waals surface area contributed by atoms with Crippen LogP contribution in [-0.2, 0) is 13.5 Å². The smallest absolute Gasteiger partial charge is 0.138 e. The summed E-state index contributed by atoms with van der Waals surface area (Å²) in [5.41, 5.74) is 2.80. The van der Waals surface area contributed by atoms with Crippen LogP contribution in [0, 0.1) is 13.8 Å². The van der Waals surface area contributed by atoms with Crippen molar-refractivity contribution in [3.05, 3.63) is 41.2 Å². The highest BCUT2D eigenvalue weighted by Gasteiger charge is 2.15. The van der Waals surface area contributed by atoms with Crippen molar-refractivity contribution >= 4 is 0 Å². The van der Waals surface area contributed by atoms with Gasteiger partial charge in [0, 0.05) is 19.7 Å². The van der Waals surface area contributed by atoms with Gasteiger partial charge in [-0.2, -0.15) is 5.10 Å². The zero-order valence-electron chi connectivity index (χ0n) is 10.3. The Kier molecular flexibility index (Phi) is 3.19. The fourth-order valence-electron chi connectivity index (χ4n) is 1.85. The molecule has 2 aromatic heterocycles. The lowest BCUT2D eigenvalue weighted by Gasteiger charge is -2.12. The number of aliphatic hydroxyl groups excluding tert-OH is 1. The number of hydrogen-bond donors (Lipinski definition) is 1. The molecule has 1 unspecified atom stereocenters.